The van der Waals surface area contributed by atoms with Crippen LogP contribution in [0.5, 0.6) is 5.75 Å². The molecular formula is C22H24Cl2N6O. The number of halogens is 2. The van der Waals surface area contributed by atoms with E-state index in [9.17, 15) is 0 Å². The number of nitrogens with two attached hydrogens (primary N) is 1. The van der Waals surface area contributed by atoms with Crippen molar-refractivity contribution in [2.75, 3.05) is 0 Å². The molecule has 4 aromatic rings. The van der Waals surface area contributed by atoms with Gasteiger partial charge in [0, 0.05) is 35.1 Å². The number of nitrogens with one attached hydrogen (secondary N) is 1. The molecule has 0 bridgehead atoms. The Bertz CT molecular complexity index is 1120. The molecule has 7 nitrogen and oxygen atoms in total. The Morgan fingerprint density at radius 1 is 0.968 bits per heavy atom. The summed E-state index contributed by atoms with van der Waals surface area (Å²) in [5.74, 6) is 1.37. The number of nitrogens with zero attached hydrogens (tertiary/aromatic N) is 4. The molecule has 31 heavy (non-hydrogen) atoms. The predicted octanol–water partition coefficient (Wildman–Crippen LogP) is 4.43. The first kappa shape index (κ1) is 24.3. The fourth-order valence-corrected chi connectivity index (χ4v) is 3.34. The van der Waals surface area contributed by atoms with Crippen molar-refractivity contribution in [2.45, 2.75) is 27.0 Å². The second-order valence-corrected chi connectivity index (χ2v) is 6.80. The summed E-state index contributed by atoms with van der Waals surface area (Å²) in [5.41, 5.74) is 12.8. The molecule has 0 fully saturated rings. The molecule has 2 heterocycles. The summed E-state index contributed by atoms with van der Waals surface area (Å²) in [6.07, 6.45) is 0. The summed E-state index contributed by atoms with van der Waals surface area (Å²) in [5, 5.41) is 14.4. The molecule has 2 aromatic carbocycles. The van der Waals surface area contributed by atoms with Crippen LogP contribution in [0.4, 0.5) is 0 Å². The van der Waals surface area contributed by atoms with E-state index in [1.54, 1.807) is 0 Å². The molecule has 4 rings (SSSR count). The second-order valence-electron chi connectivity index (χ2n) is 6.80. The number of aromatic nitrogens is 5. The van der Waals surface area contributed by atoms with Gasteiger partial charge in [-0.3, -0.25) is 4.98 Å². The highest BCUT2D eigenvalue weighted by Crippen LogP contribution is 2.30. The topological polar surface area (TPSA) is 103 Å². The fraction of sp³-hybridized carbons (Fsp3) is 0.182. The number of ether oxygens (including phenoxy) is 1. The van der Waals surface area contributed by atoms with Crippen molar-refractivity contribution >= 4 is 24.8 Å². The van der Waals surface area contributed by atoms with E-state index in [-0.39, 0.29) is 24.8 Å². The van der Waals surface area contributed by atoms with Gasteiger partial charge in [-0.25, -0.2) is 0 Å². The lowest BCUT2D eigenvalue weighted by atomic mass is 9.98. The molecule has 2 aromatic heterocycles. The van der Waals surface area contributed by atoms with Gasteiger partial charge >= 0.3 is 0 Å². The molecule has 0 saturated carbocycles. The summed E-state index contributed by atoms with van der Waals surface area (Å²) >= 11 is 0. The second kappa shape index (κ2) is 10.9. The van der Waals surface area contributed by atoms with E-state index in [0.29, 0.717) is 19.0 Å². The zero-order valence-electron chi connectivity index (χ0n) is 17.2. The lowest BCUT2D eigenvalue weighted by Gasteiger charge is -2.14. The quantitative estimate of drug-likeness (QED) is 0.442. The van der Waals surface area contributed by atoms with Crippen molar-refractivity contribution in [3.05, 3.63) is 77.1 Å². The van der Waals surface area contributed by atoms with Gasteiger partial charge in [0.25, 0.3) is 0 Å². The normalized spacial score (nSPS) is 10.2. The van der Waals surface area contributed by atoms with Crippen molar-refractivity contribution < 1.29 is 4.74 Å². The number of rotatable bonds is 6. The number of hydrogen-bond donors (Lipinski definition) is 2. The summed E-state index contributed by atoms with van der Waals surface area (Å²) in [6.45, 7) is 4.77. The van der Waals surface area contributed by atoms with E-state index in [4.69, 9.17) is 10.5 Å². The van der Waals surface area contributed by atoms with Gasteiger partial charge in [-0.05, 0) is 35.8 Å². The number of aromatic amines is 1. The molecule has 0 unspecified atom stereocenters. The van der Waals surface area contributed by atoms with Gasteiger partial charge in [0.2, 0.25) is 5.82 Å². The molecule has 9 heteroatoms. The molecular weight excluding hydrogens is 435 g/mol. The lowest BCUT2D eigenvalue weighted by molar-refractivity contribution is 0.302. The first-order valence-electron chi connectivity index (χ1n) is 9.38. The number of H-pyrrole nitrogens is 1. The Balaban J connectivity index is 0.00000171. The first-order valence-corrected chi connectivity index (χ1v) is 9.38. The van der Waals surface area contributed by atoms with Crippen molar-refractivity contribution in [1.29, 1.82) is 0 Å². The predicted molar refractivity (Wildman–Crippen MR) is 125 cm³/mol. The van der Waals surface area contributed by atoms with Crippen LogP contribution < -0.4 is 10.5 Å². The molecule has 0 radical (unpaired) electrons. The zero-order chi connectivity index (χ0) is 20.2. The molecule has 0 atom stereocenters. The average molecular weight is 459 g/mol. The summed E-state index contributed by atoms with van der Waals surface area (Å²) in [6, 6.07) is 18.2. The van der Waals surface area contributed by atoms with Crippen molar-refractivity contribution in [1.82, 2.24) is 25.6 Å². The van der Waals surface area contributed by atoms with Gasteiger partial charge < -0.3 is 10.5 Å². The minimum Gasteiger partial charge on any atom is -0.488 e. The van der Waals surface area contributed by atoms with Crippen LogP contribution in [0, 0.1) is 13.8 Å². The monoisotopic (exact) mass is 458 g/mol. The van der Waals surface area contributed by atoms with Gasteiger partial charge in [-0.15, -0.1) is 35.0 Å². The number of tetrazole rings is 1. The third-order valence-electron chi connectivity index (χ3n) is 4.79. The number of hydrogen-bond acceptors (Lipinski definition) is 6. The van der Waals surface area contributed by atoms with E-state index in [0.717, 1.165) is 45.0 Å². The van der Waals surface area contributed by atoms with Crippen LogP contribution in [0.3, 0.4) is 0 Å². The standard InChI is InChI=1S/C22H22N6O.2ClH/c1-14-11-21(20(12-23)15(2)24-14)29-13-16-7-9-17(10-8-16)18-5-3-4-6-19(18)22-25-27-28-26-22;;/h3-11H,12-13,23H2,1-2H3,(H,25,26,27,28);2*1H. The van der Waals surface area contributed by atoms with E-state index < -0.39 is 0 Å². The summed E-state index contributed by atoms with van der Waals surface area (Å²) in [4.78, 5) is 4.46. The maximum absolute atomic E-state index is 6.05. The number of aryl methyl sites for hydroxylation is 2. The van der Waals surface area contributed by atoms with E-state index in [1.165, 1.54) is 0 Å². The van der Waals surface area contributed by atoms with Crippen LogP contribution in [-0.2, 0) is 13.2 Å². The van der Waals surface area contributed by atoms with Crippen molar-refractivity contribution in [3.63, 3.8) is 0 Å². The van der Waals surface area contributed by atoms with Gasteiger partial charge in [0.05, 0.1) is 0 Å². The highest BCUT2D eigenvalue weighted by Gasteiger charge is 2.11. The SMILES string of the molecule is Cc1cc(OCc2ccc(-c3ccccc3-c3nn[nH]n3)cc2)c(CN)c(C)n1.Cl.Cl. The zero-order valence-corrected chi connectivity index (χ0v) is 18.8. The molecule has 0 aliphatic rings. The molecule has 162 valence electrons. The Labute approximate surface area is 193 Å². The van der Waals surface area contributed by atoms with Crippen LogP contribution in [0.2, 0.25) is 0 Å². The van der Waals surface area contributed by atoms with E-state index >= 15 is 0 Å². The van der Waals surface area contributed by atoms with Crippen LogP contribution in [-0.4, -0.2) is 25.6 Å². The minimum atomic E-state index is 0. The average Bonchev–Trinajstić information content (AvgIpc) is 3.27. The maximum atomic E-state index is 6.05. The Morgan fingerprint density at radius 3 is 2.32 bits per heavy atom. The van der Waals surface area contributed by atoms with Gasteiger partial charge in [-0.1, -0.05) is 48.5 Å². The largest absolute Gasteiger partial charge is 0.488 e. The third kappa shape index (κ3) is 5.38. The molecule has 0 aliphatic heterocycles. The first-order chi connectivity index (χ1) is 14.2. The van der Waals surface area contributed by atoms with Crippen LogP contribution >= 0.6 is 24.8 Å². The molecule has 3 N–H and O–H groups in total. The Hall–Kier alpha value is -3.00. The maximum Gasteiger partial charge on any atom is 0.205 e. The van der Waals surface area contributed by atoms with Gasteiger partial charge in [-0.2, -0.15) is 5.21 Å². The molecule has 0 saturated heterocycles. The molecule has 0 amide bonds. The molecule has 0 spiro atoms. The van der Waals surface area contributed by atoms with Crippen molar-refractivity contribution in [3.8, 4) is 28.3 Å². The smallest absolute Gasteiger partial charge is 0.205 e. The van der Waals surface area contributed by atoms with E-state index in [1.807, 2.05) is 44.2 Å². The van der Waals surface area contributed by atoms with Gasteiger partial charge in [0.1, 0.15) is 12.4 Å². The Morgan fingerprint density at radius 2 is 1.68 bits per heavy atom. The highest BCUT2D eigenvalue weighted by molar-refractivity contribution is 5.85. The summed E-state index contributed by atoms with van der Waals surface area (Å²) < 4.78 is 6.05. The third-order valence-corrected chi connectivity index (χ3v) is 4.79. The number of benzene rings is 2. The fourth-order valence-electron chi connectivity index (χ4n) is 3.34. The van der Waals surface area contributed by atoms with E-state index in [2.05, 4.69) is 49.9 Å². The Kier molecular flexibility index (Phi) is 8.50. The van der Waals surface area contributed by atoms with Crippen LogP contribution in [0.1, 0.15) is 22.5 Å². The highest BCUT2D eigenvalue weighted by atomic mass is 35.5. The van der Waals surface area contributed by atoms with Crippen molar-refractivity contribution in [2.24, 2.45) is 5.73 Å². The number of pyridine rings is 1. The summed E-state index contributed by atoms with van der Waals surface area (Å²) in [7, 11) is 0. The minimum absolute atomic E-state index is 0. The van der Waals surface area contributed by atoms with Gasteiger partial charge in [0.15, 0.2) is 0 Å². The van der Waals surface area contributed by atoms with Crippen LogP contribution in [0.25, 0.3) is 22.5 Å². The lowest BCUT2D eigenvalue weighted by Crippen LogP contribution is -2.07. The van der Waals surface area contributed by atoms with Crippen LogP contribution in [0.15, 0.2) is 54.6 Å². The molecule has 0 aliphatic carbocycles.